The lowest BCUT2D eigenvalue weighted by Gasteiger charge is -2.02. The molecule has 6 nitrogen and oxygen atoms in total. The molecule has 1 heterocycles. The molecule has 0 spiro atoms. The first-order chi connectivity index (χ1) is 11.5. The van der Waals surface area contributed by atoms with Crippen LogP contribution in [0.15, 0.2) is 52.4 Å². The second-order valence-electron chi connectivity index (χ2n) is 5.40. The van der Waals surface area contributed by atoms with Gasteiger partial charge in [0.05, 0.1) is 11.9 Å². The van der Waals surface area contributed by atoms with Crippen molar-refractivity contribution in [1.29, 1.82) is 0 Å². The molecule has 0 aliphatic rings. The minimum Gasteiger partial charge on any atom is -0.399 e. The Morgan fingerprint density at radius 3 is 2.54 bits per heavy atom. The fourth-order valence-electron chi connectivity index (χ4n) is 2.18. The fourth-order valence-corrected chi connectivity index (χ4v) is 2.35. The van der Waals surface area contributed by atoms with Gasteiger partial charge in [0, 0.05) is 10.7 Å². The average Bonchev–Trinajstić information content (AvgIpc) is 2.84. The Kier molecular flexibility index (Phi) is 4.22. The monoisotopic (exact) mass is 341 g/mol. The molecule has 0 aliphatic heterocycles. The average molecular weight is 342 g/mol. The van der Waals surface area contributed by atoms with Gasteiger partial charge in [-0.1, -0.05) is 29.8 Å². The van der Waals surface area contributed by atoms with Crippen molar-refractivity contribution >= 4 is 23.5 Å². The summed E-state index contributed by atoms with van der Waals surface area (Å²) in [6, 6.07) is 12.5. The van der Waals surface area contributed by atoms with E-state index in [1.807, 2.05) is 25.1 Å². The predicted octanol–water partition coefficient (Wildman–Crippen LogP) is 2.77. The van der Waals surface area contributed by atoms with E-state index in [1.165, 1.54) is 9.36 Å². The van der Waals surface area contributed by atoms with Crippen molar-refractivity contribution < 1.29 is 0 Å². The number of nitrogens with zero attached hydrogens (tertiary/aromatic N) is 4. The molecule has 0 saturated carbocycles. The first kappa shape index (κ1) is 16.0. The minimum atomic E-state index is -0.362. The summed E-state index contributed by atoms with van der Waals surface area (Å²) in [7, 11) is 0. The number of aryl methyl sites for hydroxylation is 2. The lowest BCUT2D eigenvalue weighted by Crippen LogP contribution is -2.22. The lowest BCUT2D eigenvalue weighted by molar-refractivity contribution is 0.778. The van der Waals surface area contributed by atoms with Crippen LogP contribution in [0.4, 0.5) is 5.69 Å². The number of anilines is 1. The summed E-state index contributed by atoms with van der Waals surface area (Å²) in [5.74, 6) is 0.475. The Bertz CT molecular complexity index is 970. The van der Waals surface area contributed by atoms with Crippen LogP contribution in [0, 0.1) is 13.8 Å². The molecule has 0 radical (unpaired) electrons. The van der Waals surface area contributed by atoms with Crippen LogP contribution in [-0.2, 0) is 0 Å². The summed E-state index contributed by atoms with van der Waals surface area (Å²) in [6.07, 6.45) is 1.59. The van der Waals surface area contributed by atoms with Crippen LogP contribution in [0.25, 0.3) is 5.69 Å². The van der Waals surface area contributed by atoms with E-state index in [9.17, 15) is 4.79 Å². The Labute approximate surface area is 143 Å². The Balaban J connectivity index is 1.99. The Morgan fingerprint density at radius 1 is 1.17 bits per heavy atom. The maximum absolute atomic E-state index is 12.5. The number of benzene rings is 2. The molecule has 1 aromatic heterocycles. The van der Waals surface area contributed by atoms with Crippen LogP contribution >= 0.6 is 11.6 Å². The van der Waals surface area contributed by atoms with Crippen molar-refractivity contribution in [1.82, 2.24) is 14.5 Å². The highest BCUT2D eigenvalue weighted by Gasteiger charge is 2.11. The largest absolute Gasteiger partial charge is 0.399 e. The van der Waals surface area contributed by atoms with Crippen LogP contribution in [0.3, 0.4) is 0 Å². The molecule has 3 rings (SSSR count). The normalized spacial score (nSPS) is 11.3. The van der Waals surface area contributed by atoms with Gasteiger partial charge in [-0.3, -0.25) is 0 Å². The smallest absolute Gasteiger partial charge is 0.371 e. The topological polar surface area (TPSA) is 78.2 Å². The van der Waals surface area contributed by atoms with E-state index >= 15 is 0 Å². The van der Waals surface area contributed by atoms with Crippen LogP contribution in [-0.4, -0.2) is 20.7 Å². The Morgan fingerprint density at radius 2 is 1.88 bits per heavy atom. The molecule has 3 aromatic rings. The molecule has 24 heavy (non-hydrogen) atoms. The predicted molar refractivity (Wildman–Crippen MR) is 96.2 cm³/mol. The quantitative estimate of drug-likeness (QED) is 0.587. The first-order valence-electron chi connectivity index (χ1n) is 7.31. The summed E-state index contributed by atoms with van der Waals surface area (Å²) < 4.78 is 2.52. The maximum Gasteiger partial charge on any atom is 0.371 e. The molecule has 0 unspecified atom stereocenters. The third kappa shape index (κ3) is 3.09. The van der Waals surface area contributed by atoms with Crippen LogP contribution < -0.4 is 11.4 Å². The van der Waals surface area contributed by atoms with Crippen molar-refractivity contribution in [2.45, 2.75) is 13.8 Å². The summed E-state index contributed by atoms with van der Waals surface area (Å²) in [5, 5.41) is 9.05. The summed E-state index contributed by atoms with van der Waals surface area (Å²) >= 11 is 6.13. The van der Waals surface area contributed by atoms with Crippen LogP contribution in [0.1, 0.15) is 17.0 Å². The highest BCUT2D eigenvalue weighted by Crippen LogP contribution is 2.18. The fraction of sp³-hybridized carbons (Fsp3) is 0.118. The zero-order valence-electron chi connectivity index (χ0n) is 13.3. The van der Waals surface area contributed by atoms with Crippen molar-refractivity contribution in [3.63, 3.8) is 0 Å². The van der Waals surface area contributed by atoms with Gasteiger partial charge < -0.3 is 5.73 Å². The van der Waals surface area contributed by atoms with E-state index in [2.05, 4.69) is 10.2 Å². The summed E-state index contributed by atoms with van der Waals surface area (Å²) in [4.78, 5) is 12.5. The number of rotatable bonds is 3. The number of hydrogen-bond acceptors (Lipinski definition) is 4. The van der Waals surface area contributed by atoms with Crippen molar-refractivity contribution in [2.24, 2.45) is 5.10 Å². The maximum atomic E-state index is 12.5. The van der Waals surface area contributed by atoms with Gasteiger partial charge in [0.2, 0.25) is 0 Å². The minimum absolute atomic E-state index is 0.362. The number of halogens is 1. The highest BCUT2D eigenvalue weighted by molar-refractivity contribution is 6.31. The second-order valence-corrected chi connectivity index (χ2v) is 5.81. The zero-order valence-corrected chi connectivity index (χ0v) is 14.0. The van der Waals surface area contributed by atoms with Gasteiger partial charge >= 0.3 is 5.69 Å². The number of nitrogen functional groups attached to an aromatic ring is 1. The molecule has 0 saturated heterocycles. The molecule has 0 bridgehead atoms. The Hall–Kier alpha value is -2.86. The van der Waals surface area contributed by atoms with Crippen LogP contribution in [0.5, 0.6) is 0 Å². The van der Waals surface area contributed by atoms with E-state index < -0.39 is 0 Å². The van der Waals surface area contributed by atoms with Gasteiger partial charge in [0.15, 0.2) is 5.82 Å². The van der Waals surface area contributed by atoms with Gasteiger partial charge in [-0.05, 0) is 49.2 Å². The van der Waals surface area contributed by atoms with E-state index in [0.717, 1.165) is 11.1 Å². The standard InChI is InChI=1S/C17H16ClN5O/c1-11-3-8-15(9-16(11)18)23-17(24)22(12(2)21-23)20-10-13-4-6-14(19)7-5-13/h3-10H,19H2,1-2H3/b20-10+. The molecular formula is C17H16ClN5O. The molecule has 0 aliphatic carbocycles. The third-order valence-electron chi connectivity index (χ3n) is 3.57. The van der Waals surface area contributed by atoms with Gasteiger partial charge in [-0.2, -0.15) is 14.5 Å². The van der Waals surface area contributed by atoms with Gasteiger partial charge in [0.25, 0.3) is 0 Å². The summed E-state index contributed by atoms with van der Waals surface area (Å²) in [5.41, 5.74) is 8.33. The lowest BCUT2D eigenvalue weighted by atomic mass is 10.2. The molecule has 2 N–H and O–H groups in total. The zero-order chi connectivity index (χ0) is 17.3. The molecule has 0 amide bonds. The third-order valence-corrected chi connectivity index (χ3v) is 3.98. The van der Waals surface area contributed by atoms with Gasteiger partial charge in [-0.25, -0.2) is 4.79 Å². The van der Waals surface area contributed by atoms with E-state index in [-0.39, 0.29) is 5.69 Å². The molecule has 0 fully saturated rings. The number of nitrogens with two attached hydrogens (primary N) is 1. The van der Waals surface area contributed by atoms with E-state index in [4.69, 9.17) is 17.3 Å². The van der Waals surface area contributed by atoms with Crippen molar-refractivity contribution in [3.05, 3.63) is 74.9 Å². The highest BCUT2D eigenvalue weighted by atomic mass is 35.5. The number of aromatic nitrogens is 3. The molecule has 2 aromatic carbocycles. The van der Waals surface area contributed by atoms with Crippen LogP contribution in [0.2, 0.25) is 5.02 Å². The number of hydrogen-bond donors (Lipinski definition) is 1. The second kappa shape index (κ2) is 6.33. The molecular weight excluding hydrogens is 326 g/mol. The van der Waals surface area contributed by atoms with Crippen molar-refractivity contribution in [2.75, 3.05) is 5.73 Å². The summed E-state index contributed by atoms with van der Waals surface area (Å²) in [6.45, 7) is 3.61. The van der Waals surface area contributed by atoms with Gasteiger partial charge in [0.1, 0.15) is 0 Å². The molecule has 122 valence electrons. The van der Waals surface area contributed by atoms with E-state index in [1.54, 1.807) is 37.4 Å². The molecule has 7 heteroatoms. The molecule has 0 atom stereocenters. The van der Waals surface area contributed by atoms with Gasteiger partial charge in [-0.15, -0.1) is 5.10 Å². The SMILES string of the molecule is Cc1ccc(-n2nc(C)n(/N=C/c3ccc(N)cc3)c2=O)cc1Cl. The van der Waals surface area contributed by atoms with E-state index in [0.29, 0.717) is 22.2 Å². The first-order valence-corrected chi connectivity index (χ1v) is 7.68. The van der Waals surface area contributed by atoms with Crippen molar-refractivity contribution in [3.8, 4) is 5.69 Å².